The van der Waals surface area contributed by atoms with Gasteiger partial charge >= 0.3 is 0 Å². The molecule has 1 saturated heterocycles. The van der Waals surface area contributed by atoms with Crippen molar-refractivity contribution in [3.05, 3.63) is 72.7 Å². The Morgan fingerprint density at radius 2 is 2.00 bits per heavy atom. The van der Waals surface area contributed by atoms with Gasteiger partial charge in [-0.15, -0.1) is 0 Å². The Bertz CT molecular complexity index is 991. The third-order valence-electron chi connectivity index (χ3n) is 5.11. The molecule has 0 radical (unpaired) electrons. The van der Waals surface area contributed by atoms with Crippen molar-refractivity contribution in [3.8, 4) is 5.75 Å². The monoisotopic (exact) mass is 391 g/mol. The molecule has 0 N–H and O–H groups in total. The fraction of sp³-hybridized carbons (Fsp3) is 0.304. The topological polar surface area (TPSA) is 56.6 Å². The van der Waals surface area contributed by atoms with Gasteiger partial charge in [-0.25, -0.2) is 0 Å². The maximum Gasteiger partial charge on any atom is 0.227 e. The highest BCUT2D eigenvalue weighted by Gasteiger charge is 2.20. The Labute approximate surface area is 170 Å². The minimum absolute atomic E-state index is 0.133. The number of hydrogen-bond donors (Lipinski definition) is 0. The maximum absolute atomic E-state index is 12.8. The van der Waals surface area contributed by atoms with Crippen molar-refractivity contribution in [1.82, 2.24) is 14.5 Å². The number of rotatable bonds is 7. The predicted molar refractivity (Wildman–Crippen MR) is 112 cm³/mol. The first-order valence-electron chi connectivity index (χ1n) is 9.84. The van der Waals surface area contributed by atoms with E-state index in [1.165, 1.54) is 0 Å². The molecule has 3 aromatic rings. The number of pyridine rings is 1. The zero-order valence-corrected chi connectivity index (χ0v) is 16.4. The van der Waals surface area contributed by atoms with Gasteiger partial charge in [0.1, 0.15) is 12.4 Å². The van der Waals surface area contributed by atoms with Crippen molar-refractivity contribution >= 4 is 16.8 Å². The van der Waals surface area contributed by atoms with E-state index >= 15 is 0 Å². The van der Waals surface area contributed by atoms with Crippen LogP contribution in [-0.2, 0) is 22.5 Å². The Kier molecular flexibility index (Phi) is 5.91. The lowest BCUT2D eigenvalue weighted by molar-refractivity contribution is -0.134. The van der Waals surface area contributed by atoms with Gasteiger partial charge in [-0.2, -0.15) is 0 Å². The molecule has 6 heteroatoms. The van der Waals surface area contributed by atoms with Gasteiger partial charge < -0.3 is 18.9 Å². The SMILES string of the molecule is C=CCOc1ccc2c(c1)c(CC(=O)N1CCOCC1)cn2Cc1ccncc1. The van der Waals surface area contributed by atoms with Crippen LogP contribution in [0.3, 0.4) is 0 Å². The molecule has 1 aliphatic heterocycles. The summed E-state index contributed by atoms with van der Waals surface area (Å²) in [5.74, 6) is 0.910. The van der Waals surface area contributed by atoms with Crippen molar-refractivity contribution in [1.29, 1.82) is 0 Å². The van der Waals surface area contributed by atoms with E-state index in [9.17, 15) is 4.79 Å². The quantitative estimate of drug-likeness (QED) is 0.581. The van der Waals surface area contributed by atoms with Gasteiger partial charge in [0.05, 0.1) is 19.6 Å². The highest BCUT2D eigenvalue weighted by molar-refractivity contribution is 5.90. The standard InChI is InChI=1S/C23H25N3O3/c1-2-11-29-20-3-4-22-21(15-20)19(14-23(27)25-9-12-28-13-10-25)17-26(22)16-18-5-7-24-8-6-18/h2-8,15,17H,1,9-14,16H2. The Morgan fingerprint density at radius 1 is 1.21 bits per heavy atom. The minimum Gasteiger partial charge on any atom is -0.490 e. The average Bonchev–Trinajstić information content (AvgIpc) is 3.10. The molecular weight excluding hydrogens is 366 g/mol. The average molecular weight is 391 g/mol. The first-order chi connectivity index (χ1) is 14.2. The lowest BCUT2D eigenvalue weighted by Crippen LogP contribution is -2.41. The number of carbonyl (C=O) groups excluding carboxylic acids is 1. The number of benzene rings is 1. The number of morpholine rings is 1. The summed E-state index contributed by atoms with van der Waals surface area (Å²) in [6.45, 7) is 7.40. The molecule has 0 unspecified atom stereocenters. The summed E-state index contributed by atoms with van der Waals surface area (Å²) in [7, 11) is 0. The highest BCUT2D eigenvalue weighted by Crippen LogP contribution is 2.28. The van der Waals surface area contributed by atoms with E-state index in [0.717, 1.165) is 34.3 Å². The van der Waals surface area contributed by atoms with Crippen LogP contribution >= 0.6 is 0 Å². The van der Waals surface area contributed by atoms with Crippen LogP contribution in [-0.4, -0.2) is 53.3 Å². The molecule has 29 heavy (non-hydrogen) atoms. The highest BCUT2D eigenvalue weighted by atomic mass is 16.5. The van der Waals surface area contributed by atoms with Gasteiger partial charge in [0.2, 0.25) is 5.91 Å². The Balaban J connectivity index is 1.66. The summed E-state index contributed by atoms with van der Waals surface area (Å²) >= 11 is 0. The van der Waals surface area contributed by atoms with Gasteiger partial charge in [-0.1, -0.05) is 12.7 Å². The van der Waals surface area contributed by atoms with Crippen molar-refractivity contribution < 1.29 is 14.3 Å². The summed E-state index contributed by atoms with van der Waals surface area (Å²) in [6.07, 6.45) is 7.77. The second-order valence-electron chi connectivity index (χ2n) is 7.09. The molecular formula is C23H25N3O3. The molecule has 3 heterocycles. The molecule has 0 bridgehead atoms. The summed E-state index contributed by atoms with van der Waals surface area (Å²) in [5.41, 5.74) is 3.25. The normalized spacial score (nSPS) is 14.1. The molecule has 6 nitrogen and oxygen atoms in total. The fourth-order valence-electron chi connectivity index (χ4n) is 3.64. The van der Waals surface area contributed by atoms with E-state index in [4.69, 9.17) is 9.47 Å². The van der Waals surface area contributed by atoms with E-state index < -0.39 is 0 Å². The van der Waals surface area contributed by atoms with Crippen LogP contribution in [0.25, 0.3) is 10.9 Å². The summed E-state index contributed by atoms with van der Waals surface area (Å²) in [6, 6.07) is 10.0. The van der Waals surface area contributed by atoms with E-state index in [1.807, 2.05) is 29.2 Å². The molecule has 1 aromatic carbocycles. The zero-order chi connectivity index (χ0) is 20.1. The molecule has 0 spiro atoms. The van der Waals surface area contributed by atoms with Gasteiger partial charge in [0, 0.05) is 49.1 Å². The first kappa shape index (κ1) is 19.2. The van der Waals surface area contributed by atoms with Crippen LogP contribution in [0.5, 0.6) is 5.75 Å². The smallest absolute Gasteiger partial charge is 0.227 e. The Hall–Kier alpha value is -3.12. The number of nitrogens with zero attached hydrogens (tertiary/aromatic N) is 3. The lowest BCUT2D eigenvalue weighted by Gasteiger charge is -2.26. The molecule has 0 atom stereocenters. The van der Waals surface area contributed by atoms with E-state index in [0.29, 0.717) is 39.3 Å². The molecule has 1 aliphatic rings. The van der Waals surface area contributed by atoms with E-state index in [2.05, 4.69) is 28.4 Å². The second-order valence-corrected chi connectivity index (χ2v) is 7.09. The third kappa shape index (κ3) is 4.49. The largest absolute Gasteiger partial charge is 0.490 e. The van der Waals surface area contributed by atoms with Crippen molar-refractivity contribution in [2.45, 2.75) is 13.0 Å². The van der Waals surface area contributed by atoms with Crippen molar-refractivity contribution in [3.63, 3.8) is 0 Å². The molecule has 2 aromatic heterocycles. The summed E-state index contributed by atoms with van der Waals surface area (Å²) in [5, 5.41) is 1.04. The van der Waals surface area contributed by atoms with Gasteiger partial charge in [0.25, 0.3) is 0 Å². The van der Waals surface area contributed by atoms with Crippen molar-refractivity contribution in [2.24, 2.45) is 0 Å². The zero-order valence-electron chi connectivity index (χ0n) is 16.4. The van der Waals surface area contributed by atoms with Gasteiger partial charge in [0.15, 0.2) is 0 Å². The second kappa shape index (κ2) is 8.92. The fourth-order valence-corrected chi connectivity index (χ4v) is 3.64. The molecule has 0 aliphatic carbocycles. The van der Waals surface area contributed by atoms with Crippen LogP contribution in [0.1, 0.15) is 11.1 Å². The van der Waals surface area contributed by atoms with Gasteiger partial charge in [-0.05, 0) is 41.5 Å². The molecule has 1 amide bonds. The minimum atomic E-state index is 0.133. The predicted octanol–water partition coefficient (Wildman–Crippen LogP) is 3.05. The third-order valence-corrected chi connectivity index (χ3v) is 5.11. The van der Waals surface area contributed by atoms with Crippen LogP contribution < -0.4 is 4.74 Å². The van der Waals surface area contributed by atoms with Crippen LogP contribution in [0.15, 0.2) is 61.6 Å². The van der Waals surface area contributed by atoms with Gasteiger partial charge in [-0.3, -0.25) is 9.78 Å². The van der Waals surface area contributed by atoms with E-state index in [1.54, 1.807) is 18.5 Å². The molecule has 150 valence electrons. The van der Waals surface area contributed by atoms with Crippen LogP contribution in [0.2, 0.25) is 0 Å². The number of aromatic nitrogens is 2. The molecule has 1 fully saturated rings. The first-order valence-corrected chi connectivity index (χ1v) is 9.84. The van der Waals surface area contributed by atoms with Crippen LogP contribution in [0, 0.1) is 0 Å². The lowest BCUT2D eigenvalue weighted by atomic mass is 10.1. The molecule has 4 rings (SSSR count). The number of amides is 1. The summed E-state index contributed by atoms with van der Waals surface area (Å²) in [4.78, 5) is 18.8. The van der Waals surface area contributed by atoms with Crippen molar-refractivity contribution in [2.75, 3.05) is 32.9 Å². The number of fused-ring (bicyclic) bond motifs is 1. The Morgan fingerprint density at radius 3 is 2.76 bits per heavy atom. The van der Waals surface area contributed by atoms with Crippen LogP contribution in [0.4, 0.5) is 0 Å². The number of carbonyl (C=O) groups is 1. The summed E-state index contributed by atoms with van der Waals surface area (Å²) < 4.78 is 13.3. The maximum atomic E-state index is 12.8. The molecule has 0 saturated carbocycles. The van der Waals surface area contributed by atoms with E-state index in [-0.39, 0.29) is 5.91 Å². The number of hydrogen-bond acceptors (Lipinski definition) is 4. The number of ether oxygens (including phenoxy) is 2.